The van der Waals surface area contributed by atoms with E-state index in [-0.39, 0.29) is 11.3 Å². The number of nitrogens with one attached hydrogen (secondary N) is 1. The van der Waals surface area contributed by atoms with Crippen LogP contribution in [0.3, 0.4) is 0 Å². The quantitative estimate of drug-likeness (QED) is 0.367. The maximum absolute atomic E-state index is 12.9. The molecule has 1 atom stereocenters. The summed E-state index contributed by atoms with van der Waals surface area (Å²) in [4.78, 5) is 29.0. The molecule has 2 aliphatic rings. The summed E-state index contributed by atoms with van der Waals surface area (Å²) in [5, 5.41) is 13.3. The molecule has 2 saturated heterocycles. The van der Waals surface area contributed by atoms with E-state index in [0.29, 0.717) is 12.1 Å². The fraction of sp³-hybridized carbons (Fsp3) is 0.304. The molecule has 150 valence electrons. The second kappa shape index (κ2) is 8.59. The highest BCUT2D eigenvalue weighted by molar-refractivity contribution is 6.46. The van der Waals surface area contributed by atoms with Crippen molar-refractivity contribution in [2.75, 3.05) is 39.3 Å². The minimum atomic E-state index is -0.609. The third kappa shape index (κ3) is 3.95. The standard InChI is InChI=1S/C23H25N3O3/c27-21(18-9-5-2-6-10-18)19-20(17-7-3-1-4-8-17)26(23(29)22(19)28)16-15-25-13-11-24-12-14-25/h1-10,20,24,27H,11-16H2/p+2. The first-order chi connectivity index (χ1) is 14.2. The molecule has 0 bridgehead atoms. The number of nitrogens with two attached hydrogens (primary N) is 1. The number of hydrogen-bond acceptors (Lipinski definition) is 3. The van der Waals surface area contributed by atoms with E-state index < -0.39 is 17.7 Å². The summed E-state index contributed by atoms with van der Waals surface area (Å²) in [7, 11) is 0. The maximum Gasteiger partial charge on any atom is 0.295 e. The Kier molecular flexibility index (Phi) is 5.74. The molecule has 0 saturated carbocycles. The number of likely N-dealkylation sites (tertiary alicyclic amines) is 1. The van der Waals surface area contributed by atoms with Crippen molar-refractivity contribution in [1.29, 1.82) is 0 Å². The van der Waals surface area contributed by atoms with E-state index in [1.165, 1.54) is 4.90 Å². The SMILES string of the molecule is O=C1C(=O)N(CC[NH+]2CC[NH2+]CC2)C(c2ccccc2)C1=C(O)c1ccccc1. The molecule has 2 heterocycles. The summed E-state index contributed by atoms with van der Waals surface area (Å²) >= 11 is 0. The zero-order valence-electron chi connectivity index (χ0n) is 16.4. The third-order valence-electron chi connectivity index (χ3n) is 5.81. The smallest absolute Gasteiger partial charge is 0.295 e. The first-order valence-corrected chi connectivity index (χ1v) is 10.2. The zero-order chi connectivity index (χ0) is 20.2. The molecule has 2 fully saturated rings. The number of aliphatic hydroxyl groups is 1. The fourth-order valence-electron chi connectivity index (χ4n) is 4.25. The predicted octanol–water partition coefficient (Wildman–Crippen LogP) is -0.430. The highest BCUT2D eigenvalue weighted by Crippen LogP contribution is 2.38. The minimum Gasteiger partial charge on any atom is -0.507 e. The van der Waals surface area contributed by atoms with Crippen molar-refractivity contribution >= 4 is 17.4 Å². The molecule has 2 aromatic carbocycles. The van der Waals surface area contributed by atoms with Gasteiger partial charge in [-0.25, -0.2) is 0 Å². The van der Waals surface area contributed by atoms with Crippen LogP contribution in [-0.2, 0) is 9.59 Å². The average molecular weight is 393 g/mol. The van der Waals surface area contributed by atoms with Gasteiger partial charge in [0.05, 0.1) is 24.7 Å². The molecule has 4 rings (SSSR count). The Morgan fingerprint density at radius 1 is 1.00 bits per heavy atom. The summed E-state index contributed by atoms with van der Waals surface area (Å²) < 4.78 is 0. The molecule has 0 aromatic heterocycles. The van der Waals surface area contributed by atoms with Crippen LogP contribution in [0.15, 0.2) is 66.2 Å². The van der Waals surface area contributed by atoms with Crippen LogP contribution in [-0.4, -0.2) is 61.0 Å². The van der Waals surface area contributed by atoms with E-state index in [1.807, 2.05) is 36.4 Å². The normalized spacial score (nSPS) is 22.2. The third-order valence-corrected chi connectivity index (χ3v) is 5.81. The van der Waals surface area contributed by atoms with Crippen molar-refractivity contribution in [3.8, 4) is 0 Å². The number of hydrogen-bond donors (Lipinski definition) is 3. The number of amides is 1. The van der Waals surface area contributed by atoms with Crippen LogP contribution < -0.4 is 10.2 Å². The van der Waals surface area contributed by atoms with Gasteiger partial charge in [-0.15, -0.1) is 0 Å². The molecule has 2 aromatic rings. The number of piperazine rings is 1. The summed E-state index contributed by atoms with van der Waals surface area (Å²) in [6, 6.07) is 17.9. The van der Waals surface area contributed by atoms with Gasteiger partial charge in [-0.2, -0.15) is 0 Å². The van der Waals surface area contributed by atoms with Crippen molar-refractivity contribution in [3.05, 3.63) is 77.4 Å². The van der Waals surface area contributed by atoms with Crippen LogP contribution in [0.1, 0.15) is 17.2 Å². The minimum absolute atomic E-state index is 0.111. The van der Waals surface area contributed by atoms with E-state index in [4.69, 9.17) is 0 Å². The Morgan fingerprint density at radius 3 is 2.28 bits per heavy atom. The monoisotopic (exact) mass is 393 g/mol. The highest BCUT2D eigenvalue weighted by Gasteiger charge is 2.46. The van der Waals surface area contributed by atoms with Gasteiger partial charge in [0, 0.05) is 5.56 Å². The van der Waals surface area contributed by atoms with E-state index in [2.05, 4.69) is 5.32 Å². The van der Waals surface area contributed by atoms with Crippen molar-refractivity contribution in [2.24, 2.45) is 0 Å². The van der Waals surface area contributed by atoms with Crippen LogP contribution >= 0.6 is 0 Å². The fourth-order valence-corrected chi connectivity index (χ4v) is 4.25. The van der Waals surface area contributed by atoms with E-state index >= 15 is 0 Å². The summed E-state index contributed by atoms with van der Waals surface area (Å²) in [6.45, 7) is 5.59. The largest absolute Gasteiger partial charge is 0.507 e. The molecule has 6 nitrogen and oxygen atoms in total. The molecule has 6 heteroatoms. The molecule has 4 N–H and O–H groups in total. The molecule has 2 aliphatic heterocycles. The molecule has 0 aliphatic carbocycles. The van der Waals surface area contributed by atoms with Crippen LogP contribution in [0, 0.1) is 0 Å². The molecule has 29 heavy (non-hydrogen) atoms. The lowest BCUT2D eigenvalue weighted by Crippen LogP contribution is -3.20. The first-order valence-electron chi connectivity index (χ1n) is 10.2. The molecular weight excluding hydrogens is 366 g/mol. The number of carbonyl (C=O) groups excluding carboxylic acids is 2. The highest BCUT2D eigenvalue weighted by atomic mass is 16.3. The van der Waals surface area contributed by atoms with Crippen LogP contribution in [0.5, 0.6) is 0 Å². The van der Waals surface area contributed by atoms with Gasteiger partial charge in [0.1, 0.15) is 31.9 Å². The first kappa shape index (κ1) is 19.4. The van der Waals surface area contributed by atoms with Gasteiger partial charge < -0.3 is 20.2 Å². The van der Waals surface area contributed by atoms with Crippen molar-refractivity contribution < 1.29 is 24.9 Å². The second-order valence-electron chi connectivity index (χ2n) is 7.64. The number of rotatable bonds is 5. The van der Waals surface area contributed by atoms with E-state index in [1.54, 1.807) is 29.2 Å². The molecule has 1 amide bonds. The molecule has 0 radical (unpaired) electrons. The number of aliphatic hydroxyl groups excluding tert-OH is 1. The zero-order valence-corrected chi connectivity index (χ0v) is 16.4. The lowest BCUT2D eigenvalue weighted by molar-refractivity contribution is -0.946. The van der Waals surface area contributed by atoms with Crippen LogP contribution in [0.2, 0.25) is 0 Å². The number of benzene rings is 2. The number of Topliss-reactive ketones (excluding diaryl/α,β-unsaturated/α-hetero) is 1. The van der Waals surface area contributed by atoms with Gasteiger partial charge in [0.15, 0.2) is 0 Å². The molecule has 1 unspecified atom stereocenters. The number of ketones is 1. The van der Waals surface area contributed by atoms with E-state index in [9.17, 15) is 14.7 Å². The maximum atomic E-state index is 12.9. The Hall–Kier alpha value is -2.96. The molecular formula is C23H27N3O3+2. The average Bonchev–Trinajstić information content (AvgIpc) is 3.04. The van der Waals surface area contributed by atoms with Crippen LogP contribution in [0.25, 0.3) is 5.76 Å². The number of carbonyl (C=O) groups is 2. The Labute approximate surface area is 170 Å². The summed E-state index contributed by atoms with van der Waals surface area (Å²) in [6.07, 6.45) is 0. The Bertz CT molecular complexity index is 905. The van der Waals surface area contributed by atoms with Gasteiger partial charge in [0.2, 0.25) is 0 Å². The second-order valence-corrected chi connectivity index (χ2v) is 7.64. The number of nitrogens with zero attached hydrogens (tertiary/aromatic N) is 1. The lowest BCUT2D eigenvalue weighted by Gasteiger charge is -2.28. The van der Waals surface area contributed by atoms with Crippen molar-refractivity contribution in [3.63, 3.8) is 0 Å². The Balaban J connectivity index is 1.70. The summed E-state index contributed by atoms with van der Waals surface area (Å²) in [5.41, 5.74) is 1.56. The Morgan fingerprint density at radius 2 is 1.62 bits per heavy atom. The van der Waals surface area contributed by atoms with Crippen molar-refractivity contribution in [1.82, 2.24) is 4.90 Å². The van der Waals surface area contributed by atoms with Gasteiger partial charge >= 0.3 is 0 Å². The van der Waals surface area contributed by atoms with Gasteiger partial charge in [-0.05, 0) is 5.56 Å². The topological polar surface area (TPSA) is 78.7 Å². The summed E-state index contributed by atoms with van der Waals surface area (Å²) in [5.74, 6) is -1.25. The molecule has 0 spiro atoms. The lowest BCUT2D eigenvalue weighted by atomic mass is 9.95. The predicted molar refractivity (Wildman–Crippen MR) is 109 cm³/mol. The van der Waals surface area contributed by atoms with Crippen molar-refractivity contribution in [2.45, 2.75) is 6.04 Å². The van der Waals surface area contributed by atoms with Crippen LogP contribution in [0.4, 0.5) is 0 Å². The number of quaternary nitrogens is 2. The van der Waals surface area contributed by atoms with Gasteiger partial charge in [-0.1, -0.05) is 60.7 Å². The van der Waals surface area contributed by atoms with E-state index in [0.717, 1.165) is 38.3 Å². The van der Waals surface area contributed by atoms with Gasteiger partial charge in [-0.3, -0.25) is 9.59 Å². The van der Waals surface area contributed by atoms with Gasteiger partial charge in [0.25, 0.3) is 11.7 Å².